The number of hydrogen-bond donors (Lipinski definition) is 1. The van der Waals surface area contributed by atoms with E-state index < -0.39 is 4.92 Å². The first-order valence-corrected chi connectivity index (χ1v) is 3.40. The van der Waals surface area contributed by atoms with Crippen LogP contribution in [0.25, 0.3) is 10.9 Å². The summed E-state index contributed by atoms with van der Waals surface area (Å²) in [7, 11) is 0. The topological polar surface area (TPSA) is 58.9 Å². The zero-order valence-electron chi connectivity index (χ0n) is 7.07. The predicted molar refractivity (Wildman–Crippen MR) is 45.0 cm³/mol. The predicted octanol–water partition coefficient (Wildman–Crippen LogP) is 2.08. The van der Waals surface area contributed by atoms with Crippen molar-refractivity contribution in [3.8, 4) is 0 Å². The molecule has 0 spiro atoms. The van der Waals surface area contributed by atoms with E-state index in [1.54, 1.807) is 12.1 Å². The lowest BCUT2D eigenvalue weighted by Crippen LogP contribution is -1.86. The highest BCUT2D eigenvalue weighted by Crippen LogP contribution is 2.18. The van der Waals surface area contributed by atoms with Gasteiger partial charge in [0.15, 0.2) is 0 Å². The molecule has 2 aromatic rings. The molecule has 4 nitrogen and oxygen atoms in total. The Morgan fingerprint density at radius 3 is 3.08 bits per heavy atom. The Kier molecular flexibility index (Phi) is 1.12. The van der Waals surface area contributed by atoms with Gasteiger partial charge in [0.25, 0.3) is 5.69 Å². The van der Waals surface area contributed by atoms with E-state index >= 15 is 0 Å². The molecule has 12 heavy (non-hydrogen) atoms. The highest BCUT2D eigenvalue weighted by Gasteiger charge is 2.05. The van der Waals surface area contributed by atoms with Crippen LogP contribution in [0.5, 0.6) is 0 Å². The van der Waals surface area contributed by atoms with Gasteiger partial charge >= 0.3 is 0 Å². The second-order valence-corrected chi connectivity index (χ2v) is 2.44. The van der Waals surface area contributed by atoms with Gasteiger partial charge < -0.3 is 4.98 Å². The van der Waals surface area contributed by atoms with Crippen molar-refractivity contribution in [2.75, 3.05) is 0 Å². The number of aromatic amines is 1. The fraction of sp³-hybridized carbons (Fsp3) is 0. The molecule has 1 heterocycles. The largest absolute Gasteiger partial charge is 0.361 e. The standard InChI is InChI=1S/C8H6N2O2/c11-10(12)7-2-1-6-3-4-9-8(6)5-7/h1-5,9H/i4D. The second kappa shape index (κ2) is 2.34. The third-order valence-electron chi connectivity index (χ3n) is 1.68. The molecule has 0 atom stereocenters. The third-order valence-corrected chi connectivity index (χ3v) is 1.68. The molecule has 2 rings (SSSR count). The number of fused-ring (bicyclic) bond motifs is 1. The summed E-state index contributed by atoms with van der Waals surface area (Å²) in [5, 5.41) is 11.2. The first-order chi connectivity index (χ1) is 6.16. The number of nitrogens with one attached hydrogen (secondary N) is 1. The maximum atomic E-state index is 10.4. The van der Waals surface area contributed by atoms with Crippen molar-refractivity contribution in [1.82, 2.24) is 4.98 Å². The lowest BCUT2D eigenvalue weighted by molar-refractivity contribution is -0.384. The smallest absolute Gasteiger partial charge is 0.271 e. The summed E-state index contributed by atoms with van der Waals surface area (Å²) < 4.78 is 7.28. The van der Waals surface area contributed by atoms with Crippen LogP contribution in [-0.2, 0) is 0 Å². The maximum absolute atomic E-state index is 10.4. The number of nitrogens with zero attached hydrogens (tertiary/aromatic N) is 1. The summed E-state index contributed by atoms with van der Waals surface area (Å²) >= 11 is 0. The number of benzene rings is 1. The minimum Gasteiger partial charge on any atom is -0.361 e. The molecule has 0 saturated heterocycles. The van der Waals surface area contributed by atoms with Gasteiger partial charge in [0.1, 0.15) is 0 Å². The summed E-state index contributed by atoms with van der Waals surface area (Å²) in [6.45, 7) is 0. The molecule has 4 heteroatoms. The molecule has 1 aromatic carbocycles. The van der Waals surface area contributed by atoms with Crippen molar-refractivity contribution in [2.45, 2.75) is 0 Å². The maximum Gasteiger partial charge on any atom is 0.271 e. The molecule has 0 amide bonds. The zero-order chi connectivity index (χ0) is 9.42. The minimum absolute atomic E-state index is 0.0364. The van der Waals surface area contributed by atoms with E-state index in [-0.39, 0.29) is 11.9 Å². The van der Waals surface area contributed by atoms with E-state index in [2.05, 4.69) is 4.98 Å². The molecule has 0 aliphatic carbocycles. The fourth-order valence-electron chi connectivity index (χ4n) is 1.08. The van der Waals surface area contributed by atoms with Gasteiger partial charge in [-0.2, -0.15) is 0 Å². The molecule has 0 radical (unpaired) electrons. The average Bonchev–Trinajstić information content (AvgIpc) is 2.42. The summed E-state index contributed by atoms with van der Waals surface area (Å²) in [4.78, 5) is 12.7. The van der Waals surface area contributed by atoms with E-state index in [0.29, 0.717) is 5.52 Å². The van der Waals surface area contributed by atoms with Gasteiger partial charge in [-0.1, -0.05) is 0 Å². The molecular weight excluding hydrogens is 156 g/mol. The van der Waals surface area contributed by atoms with Crippen molar-refractivity contribution in [1.29, 1.82) is 0 Å². The van der Waals surface area contributed by atoms with Gasteiger partial charge in [-0.25, -0.2) is 0 Å². The average molecular weight is 163 g/mol. The number of nitro groups is 1. The molecule has 0 aliphatic heterocycles. The Balaban J connectivity index is 2.67. The quantitative estimate of drug-likeness (QED) is 0.516. The molecule has 0 unspecified atom stereocenters. The Bertz CT molecular complexity index is 478. The van der Waals surface area contributed by atoms with Crippen LogP contribution < -0.4 is 0 Å². The Morgan fingerprint density at radius 2 is 2.33 bits per heavy atom. The molecule has 0 aliphatic rings. The van der Waals surface area contributed by atoms with Gasteiger partial charge in [-0.15, -0.1) is 0 Å². The Hall–Kier alpha value is -1.84. The van der Waals surface area contributed by atoms with E-state index in [4.69, 9.17) is 1.37 Å². The molecule has 60 valence electrons. The highest BCUT2D eigenvalue weighted by atomic mass is 16.6. The van der Waals surface area contributed by atoms with Crippen LogP contribution in [0.15, 0.2) is 30.4 Å². The number of aromatic nitrogens is 1. The summed E-state index contributed by atoms with van der Waals surface area (Å²) in [6, 6.07) is 6.10. The van der Waals surface area contributed by atoms with Crippen LogP contribution in [0.4, 0.5) is 5.69 Å². The molecule has 0 fully saturated rings. The van der Waals surface area contributed by atoms with Crippen LogP contribution in [-0.4, -0.2) is 9.91 Å². The normalized spacial score (nSPS) is 11.5. The number of H-pyrrole nitrogens is 1. The molecule has 1 N–H and O–H groups in total. The highest BCUT2D eigenvalue weighted by molar-refractivity contribution is 5.81. The van der Waals surface area contributed by atoms with Crippen LogP contribution in [0.3, 0.4) is 0 Å². The van der Waals surface area contributed by atoms with Crippen molar-refractivity contribution >= 4 is 16.6 Å². The summed E-state index contributed by atoms with van der Waals surface area (Å²) in [6.07, 6.45) is 0.260. The lowest BCUT2D eigenvalue weighted by atomic mass is 10.2. The van der Waals surface area contributed by atoms with Gasteiger partial charge in [0.2, 0.25) is 0 Å². The number of non-ortho nitro benzene ring substituents is 1. The van der Waals surface area contributed by atoms with Gasteiger partial charge in [0.05, 0.1) is 11.8 Å². The Labute approximate surface area is 69.4 Å². The SMILES string of the molecule is [2H]c1cc2ccc([N+](=O)[O-])cc2[nH]1. The minimum atomic E-state index is -0.454. The zero-order valence-corrected chi connectivity index (χ0v) is 6.07. The molecule has 0 saturated carbocycles. The second-order valence-electron chi connectivity index (χ2n) is 2.44. The van der Waals surface area contributed by atoms with Gasteiger partial charge in [0, 0.05) is 18.3 Å². The van der Waals surface area contributed by atoms with Crippen molar-refractivity contribution in [3.63, 3.8) is 0 Å². The van der Waals surface area contributed by atoms with Crippen LogP contribution in [0.1, 0.15) is 1.37 Å². The van der Waals surface area contributed by atoms with E-state index in [1.165, 1.54) is 12.1 Å². The molecule has 0 bridgehead atoms. The van der Waals surface area contributed by atoms with Crippen molar-refractivity contribution < 1.29 is 6.29 Å². The first-order valence-electron chi connectivity index (χ1n) is 3.90. The van der Waals surface area contributed by atoms with Crippen LogP contribution >= 0.6 is 0 Å². The third kappa shape index (κ3) is 0.934. The van der Waals surface area contributed by atoms with Gasteiger partial charge in [-0.05, 0) is 17.5 Å². The fourth-order valence-corrected chi connectivity index (χ4v) is 1.08. The molecular formula is C8H6N2O2. The van der Waals surface area contributed by atoms with Crippen molar-refractivity contribution in [2.24, 2.45) is 0 Å². The lowest BCUT2D eigenvalue weighted by Gasteiger charge is -1.90. The van der Waals surface area contributed by atoms with Crippen LogP contribution in [0.2, 0.25) is 0 Å². The number of hydrogen-bond acceptors (Lipinski definition) is 2. The summed E-state index contributed by atoms with van der Waals surface area (Å²) in [5.41, 5.74) is 0.661. The monoisotopic (exact) mass is 163 g/mol. The van der Waals surface area contributed by atoms with E-state index in [9.17, 15) is 10.1 Å². The number of rotatable bonds is 1. The summed E-state index contributed by atoms with van der Waals surface area (Å²) in [5.74, 6) is 0. The van der Waals surface area contributed by atoms with Crippen molar-refractivity contribution in [3.05, 3.63) is 40.6 Å². The van der Waals surface area contributed by atoms with Gasteiger partial charge in [-0.3, -0.25) is 10.1 Å². The molecule has 1 aromatic heterocycles. The Morgan fingerprint density at radius 1 is 1.50 bits per heavy atom. The van der Waals surface area contributed by atoms with Crippen LogP contribution in [0, 0.1) is 10.1 Å². The van der Waals surface area contributed by atoms with E-state index in [0.717, 1.165) is 5.39 Å². The number of nitro benzene ring substituents is 1. The first kappa shape index (κ1) is 5.77. The van der Waals surface area contributed by atoms with E-state index in [1.807, 2.05) is 0 Å².